The quantitative estimate of drug-likeness (QED) is 0.751. The van der Waals surface area contributed by atoms with Crippen molar-refractivity contribution in [2.24, 2.45) is 0 Å². The summed E-state index contributed by atoms with van der Waals surface area (Å²) in [5.74, 6) is -0.0561. The third-order valence-electron chi connectivity index (χ3n) is 4.21. The number of anilines is 1. The van der Waals surface area contributed by atoms with Crippen LogP contribution < -0.4 is 10.2 Å². The summed E-state index contributed by atoms with van der Waals surface area (Å²) < 4.78 is 0. The molecule has 0 atom stereocenters. The zero-order valence-electron chi connectivity index (χ0n) is 15.2. The topological polar surface area (TPSA) is 49.4 Å². The highest BCUT2D eigenvalue weighted by Crippen LogP contribution is 2.13. The summed E-state index contributed by atoms with van der Waals surface area (Å²) >= 11 is 0. The Morgan fingerprint density at radius 3 is 2.28 bits per heavy atom. The van der Waals surface area contributed by atoms with E-state index in [9.17, 15) is 9.59 Å². The van der Waals surface area contributed by atoms with Crippen molar-refractivity contribution in [1.82, 2.24) is 5.32 Å². The molecule has 4 heteroatoms. The van der Waals surface area contributed by atoms with Gasteiger partial charge in [0.1, 0.15) is 0 Å². The van der Waals surface area contributed by atoms with Crippen LogP contribution in [0.3, 0.4) is 0 Å². The molecule has 0 aliphatic heterocycles. The number of aryl methyl sites for hydroxylation is 1. The Labute approximate surface area is 149 Å². The highest BCUT2D eigenvalue weighted by atomic mass is 16.2. The molecular weight excluding hydrogens is 312 g/mol. The van der Waals surface area contributed by atoms with E-state index >= 15 is 0 Å². The molecule has 0 heterocycles. The Hall–Kier alpha value is -2.62. The lowest BCUT2D eigenvalue weighted by Crippen LogP contribution is -2.26. The number of ketones is 1. The number of nitrogens with one attached hydrogen (secondary N) is 1. The lowest BCUT2D eigenvalue weighted by molar-refractivity contribution is -0.121. The van der Waals surface area contributed by atoms with Gasteiger partial charge in [-0.15, -0.1) is 0 Å². The van der Waals surface area contributed by atoms with E-state index in [-0.39, 0.29) is 24.5 Å². The fourth-order valence-electron chi connectivity index (χ4n) is 2.64. The predicted octanol–water partition coefficient (Wildman–Crippen LogP) is 3.38. The number of nitrogens with zero attached hydrogens (tertiary/aromatic N) is 1. The highest BCUT2D eigenvalue weighted by Gasteiger charge is 2.10. The molecule has 0 bridgehead atoms. The molecule has 0 aliphatic carbocycles. The first kappa shape index (κ1) is 18.7. The molecule has 132 valence electrons. The standard InChI is InChI=1S/C21H26N2O2/c1-16-6-4-5-7-19(16)20(24)12-13-21(25)22-15-14-17-8-10-18(11-9-17)23(2)3/h4-11H,12-15H2,1-3H3,(H,22,25). The lowest BCUT2D eigenvalue weighted by atomic mass is 10.0. The van der Waals surface area contributed by atoms with Crippen molar-refractivity contribution in [2.75, 3.05) is 25.5 Å². The van der Waals surface area contributed by atoms with Crippen LogP contribution in [0.5, 0.6) is 0 Å². The summed E-state index contributed by atoms with van der Waals surface area (Å²) in [5.41, 5.74) is 4.00. The second-order valence-corrected chi connectivity index (χ2v) is 6.40. The third kappa shape index (κ3) is 5.75. The zero-order valence-corrected chi connectivity index (χ0v) is 15.2. The molecular formula is C21H26N2O2. The van der Waals surface area contributed by atoms with Gasteiger partial charge < -0.3 is 10.2 Å². The molecule has 0 saturated heterocycles. The molecule has 0 radical (unpaired) electrons. The molecule has 1 N–H and O–H groups in total. The van der Waals surface area contributed by atoms with Crippen molar-refractivity contribution in [3.63, 3.8) is 0 Å². The van der Waals surface area contributed by atoms with Crippen molar-refractivity contribution in [3.05, 3.63) is 65.2 Å². The van der Waals surface area contributed by atoms with Crippen LogP contribution in [0.2, 0.25) is 0 Å². The molecule has 0 unspecified atom stereocenters. The number of Topliss-reactive ketones (excluding diaryl/α,β-unsaturated/α-hetero) is 1. The second-order valence-electron chi connectivity index (χ2n) is 6.40. The number of amides is 1. The van der Waals surface area contributed by atoms with Gasteiger partial charge in [-0.3, -0.25) is 9.59 Å². The summed E-state index contributed by atoms with van der Waals surface area (Å²) in [6.07, 6.45) is 1.26. The van der Waals surface area contributed by atoms with Crippen molar-refractivity contribution in [2.45, 2.75) is 26.2 Å². The minimum Gasteiger partial charge on any atom is -0.378 e. The van der Waals surface area contributed by atoms with Crippen LogP contribution in [0.25, 0.3) is 0 Å². The highest BCUT2D eigenvalue weighted by molar-refractivity contribution is 5.99. The predicted molar refractivity (Wildman–Crippen MR) is 102 cm³/mol. The van der Waals surface area contributed by atoms with Gasteiger partial charge in [-0.25, -0.2) is 0 Å². The van der Waals surface area contributed by atoms with Crippen molar-refractivity contribution >= 4 is 17.4 Å². The van der Waals surface area contributed by atoms with E-state index in [0.29, 0.717) is 12.1 Å². The Morgan fingerprint density at radius 2 is 1.64 bits per heavy atom. The summed E-state index contributed by atoms with van der Waals surface area (Å²) in [6.45, 7) is 2.49. The van der Waals surface area contributed by atoms with Gasteiger partial charge in [0, 0.05) is 44.7 Å². The van der Waals surface area contributed by atoms with Crippen LogP contribution in [0.15, 0.2) is 48.5 Å². The van der Waals surface area contributed by atoms with Crippen LogP contribution in [0, 0.1) is 6.92 Å². The van der Waals surface area contributed by atoms with Crippen LogP contribution in [-0.4, -0.2) is 32.3 Å². The number of rotatable bonds is 8. The maximum absolute atomic E-state index is 12.2. The number of hydrogen-bond acceptors (Lipinski definition) is 3. The van der Waals surface area contributed by atoms with E-state index in [1.54, 1.807) is 0 Å². The van der Waals surface area contributed by atoms with Gasteiger partial charge in [0.25, 0.3) is 0 Å². The first-order chi connectivity index (χ1) is 12.0. The second kappa shape index (κ2) is 9.02. The van der Waals surface area contributed by atoms with Gasteiger partial charge >= 0.3 is 0 Å². The Kier molecular flexibility index (Phi) is 6.75. The Bertz CT molecular complexity index is 721. The molecule has 0 aliphatic rings. The van der Waals surface area contributed by atoms with Crippen LogP contribution >= 0.6 is 0 Å². The number of benzene rings is 2. The van der Waals surface area contributed by atoms with E-state index < -0.39 is 0 Å². The minimum atomic E-state index is -0.0770. The lowest BCUT2D eigenvalue weighted by Gasteiger charge is -2.12. The summed E-state index contributed by atoms with van der Waals surface area (Å²) in [7, 11) is 4.01. The zero-order chi connectivity index (χ0) is 18.2. The maximum Gasteiger partial charge on any atom is 0.220 e. The Morgan fingerprint density at radius 1 is 0.960 bits per heavy atom. The SMILES string of the molecule is Cc1ccccc1C(=O)CCC(=O)NCCc1ccc(N(C)C)cc1. The normalized spacial score (nSPS) is 10.4. The largest absolute Gasteiger partial charge is 0.378 e. The van der Waals surface area contributed by atoms with E-state index in [4.69, 9.17) is 0 Å². The number of hydrogen-bond donors (Lipinski definition) is 1. The molecule has 2 aromatic rings. The molecule has 0 saturated carbocycles. The van der Waals surface area contributed by atoms with Crippen LogP contribution in [-0.2, 0) is 11.2 Å². The minimum absolute atomic E-state index is 0.0209. The monoisotopic (exact) mass is 338 g/mol. The van der Waals surface area contributed by atoms with Gasteiger partial charge in [0.05, 0.1) is 0 Å². The summed E-state index contributed by atoms with van der Waals surface area (Å²) in [6, 6.07) is 15.8. The van der Waals surface area contributed by atoms with Gasteiger partial charge in [-0.2, -0.15) is 0 Å². The van der Waals surface area contributed by atoms with E-state index in [1.165, 1.54) is 5.56 Å². The average molecular weight is 338 g/mol. The van der Waals surface area contributed by atoms with E-state index in [1.807, 2.05) is 45.3 Å². The first-order valence-corrected chi connectivity index (χ1v) is 8.59. The average Bonchev–Trinajstić information content (AvgIpc) is 2.60. The molecule has 0 aromatic heterocycles. The van der Waals surface area contributed by atoms with Gasteiger partial charge in [-0.05, 0) is 36.6 Å². The van der Waals surface area contributed by atoms with Gasteiger partial charge in [0.2, 0.25) is 5.91 Å². The molecule has 0 spiro atoms. The Balaban J connectivity index is 1.72. The molecule has 4 nitrogen and oxygen atoms in total. The van der Waals surface area contributed by atoms with E-state index in [2.05, 4.69) is 34.5 Å². The molecule has 2 aromatic carbocycles. The van der Waals surface area contributed by atoms with Gasteiger partial charge in [-0.1, -0.05) is 36.4 Å². The molecule has 1 amide bonds. The maximum atomic E-state index is 12.2. The van der Waals surface area contributed by atoms with Crippen molar-refractivity contribution in [1.29, 1.82) is 0 Å². The first-order valence-electron chi connectivity index (χ1n) is 8.59. The van der Waals surface area contributed by atoms with Crippen molar-refractivity contribution in [3.8, 4) is 0 Å². The van der Waals surface area contributed by atoms with E-state index in [0.717, 1.165) is 17.7 Å². The fraction of sp³-hybridized carbons (Fsp3) is 0.333. The third-order valence-corrected chi connectivity index (χ3v) is 4.21. The van der Waals surface area contributed by atoms with Gasteiger partial charge in [0.15, 0.2) is 5.78 Å². The van der Waals surface area contributed by atoms with Crippen LogP contribution in [0.1, 0.15) is 34.3 Å². The molecule has 25 heavy (non-hydrogen) atoms. The summed E-state index contributed by atoms with van der Waals surface area (Å²) in [5, 5.41) is 2.89. The molecule has 0 fully saturated rings. The fourth-order valence-corrected chi connectivity index (χ4v) is 2.64. The molecule has 2 rings (SSSR count). The number of carbonyl (C=O) groups excluding carboxylic acids is 2. The summed E-state index contributed by atoms with van der Waals surface area (Å²) in [4.78, 5) is 26.1. The van der Waals surface area contributed by atoms with Crippen LogP contribution in [0.4, 0.5) is 5.69 Å². The smallest absolute Gasteiger partial charge is 0.220 e. The van der Waals surface area contributed by atoms with Crippen molar-refractivity contribution < 1.29 is 9.59 Å². The number of carbonyl (C=O) groups is 2.